The maximum absolute atomic E-state index is 11.3. The lowest BCUT2D eigenvalue weighted by Crippen LogP contribution is -2.31. The fourth-order valence-electron chi connectivity index (χ4n) is 1.61. The van der Waals surface area contributed by atoms with Gasteiger partial charge in [0.25, 0.3) is 0 Å². The first-order chi connectivity index (χ1) is 9.58. The van der Waals surface area contributed by atoms with Gasteiger partial charge in [-0.05, 0) is 12.1 Å². The summed E-state index contributed by atoms with van der Waals surface area (Å²) in [5.74, 6) is 0.439. The van der Waals surface area contributed by atoms with E-state index in [0.29, 0.717) is 31.2 Å². The molecule has 0 aliphatic rings. The van der Waals surface area contributed by atoms with Gasteiger partial charge in [-0.15, -0.1) is 0 Å². The largest absolute Gasteiger partial charge is 0.469 e. The molecule has 0 radical (unpaired) electrons. The fourth-order valence-corrected chi connectivity index (χ4v) is 1.72. The van der Waals surface area contributed by atoms with Crippen molar-refractivity contribution in [2.45, 2.75) is 6.42 Å². The van der Waals surface area contributed by atoms with Crippen molar-refractivity contribution in [1.82, 2.24) is 4.98 Å². The number of nitrogens with two attached hydrogens (primary N) is 1. The van der Waals surface area contributed by atoms with Gasteiger partial charge in [0.2, 0.25) is 0 Å². The Hall–Kier alpha value is -1.73. The van der Waals surface area contributed by atoms with Crippen LogP contribution in [-0.4, -0.2) is 49.9 Å². The van der Waals surface area contributed by atoms with Crippen LogP contribution < -0.4 is 10.6 Å². The van der Waals surface area contributed by atoms with Gasteiger partial charge in [0, 0.05) is 20.2 Å². The first-order valence-electron chi connectivity index (χ1n) is 6.16. The standard InChI is InChI=1S/C13H19N3O3S/c1-18-9-8-16(7-6-12(17)19-2)11-5-3-4-10(15-11)13(14)20/h3-5H,6-9H2,1-2H3,(H2,14,20). The van der Waals surface area contributed by atoms with E-state index in [2.05, 4.69) is 9.72 Å². The SMILES string of the molecule is COCCN(CCC(=O)OC)c1cccc(C(N)=S)n1. The molecule has 20 heavy (non-hydrogen) atoms. The number of hydrogen-bond donors (Lipinski definition) is 1. The number of thiocarbonyl (C=S) groups is 1. The van der Waals surface area contributed by atoms with E-state index >= 15 is 0 Å². The predicted molar refractivity (Wildman–Crippen MR) is 80.8 cm³/mol. The highest BCUT2D eigenvalue weighted by atomic mass is 32.1. The first-order valence-corrected chi connectivity index (χ1v) is 6.57. The number of rotatable bonds is 8. The van der Waals surface area contributed by atoms with Gasteiger partial charge in [-0.3, -0.25) is 4.79 Å². The summed E-state index contributed by atoms with van der Waals surface area (Å²) in [7, 11) is 2.99. The number of anilines is 1. The number of ether oxygens (including phenoxy) is 2. The molecule has 0 bridgehead atoms. The minimum atomic E-state index is -0.266. The number of methoxy groups -OCH3 is 2. The summed E-state index contributed by atoms with van der Waals surface area (Å²) < 4.78 is 9.71. The van der Waals surface area contributed by atoms with E-state index in [9.17, 15) is 4.79 Å². The Balaban J connectivity index is 2.83. The van der Waals surface area contributed by atoms with Crippen molar-refractivity contribution in [1.29, 1.82) is 0 Å². The quantitative estimate of drug-likeness (QED) is 0.560. The van der Waals surface area contributed by atoms with Gasteiger partial charge in [0.05, 0.1) is 25.8 Å². The smallest absolute Gasteiger partial charge is 0.307 e. The van der Waals surface area contributed by atoms with Crippen molar-refractivity contribution in [2.24, 2.45) is 5.73 Å². The van der Waals surface area contributed by atoms with Crippen molar-refractivity contribution >= 4 is 29.0 Å². The monoisotopic (exact) mass is 297 g/mol. The lowest BCUT2D eigenvalue weighted by atomic mass is 10.3. The van der Waals surface area contributed by atoms with E-state index in [4.69, 9.17) is 22.7 Å². The molecule has 110 valence electrons. The molecule has 1 heterocycles. The summed E-state index contributed by atoms with van der Waals surface area (Å²) in [4.78, 5) is 17.8. The molecule has 7 heteroatoms. The Kier molecular flexibility index (Phi) is 6.89. The van der Waals surface area contributed by atoms with Crippen molar-refractivity contribution < 1.29 is 14.3 Å². The van der Waals surface area contributed by atoms with Crippen molar-refractivity contribution in [3.63, 3.8) is 0 Å². The Bertz CT molecular complexity index is 468. The van der Waals surface area contributed by atoms with Crippen molar-refractivity contribution in [3.05, 3.63) is 23.9 Å². The first kappa shape index (κ1) is 16.3. The molecule has 0 saturated carbocycles. The summed E-state index contributed by atoms with van der Waals surface area (Å²) in [5.41, 5.74) is 6.13. The highest BCUT2D eigenvalue weighted by molar-refractivity contribution is 7.80. The summed E-state index contributed by atoms with van der Waals surface area (Å²) in [6.07, 6.45) is 0.277. The minimum absolute atomic E-state index is 0.242. The molecular formula is C13H19N3O3S. The van der Waals surface area contributed by atoms with E-state index in [-0.39, 0.29) is 17.4 Å². The van der Waals surface area contributed by atoms with E-state index < -0.39 is 0 Å². The molecular weight excluding hydrogens is 278 g/mol. The van der Waals surface area contributed by atoms with Crippen LogP contribution in [0.25, 0.3) is 0 Å². The Labute approximate surface area is 123 Å². The second-order valence-corrected chi connectivity index (χ2v) is 4.49. The van der Waals surface area contributed by atoms with Crippen LogP contribution >= 0.6 is 12.2 Å². The lowest BCUT2D eigenvalue weighted by Gasteiger charge is -2.23. The number of nitrogens with zero attached hydrogens (tertiary/aromatic N) is 2. The zero-order chi connectivity index (χ0) is 15.0. The number of esters is 1. The predicted octanol–water partition coefficient (Wildman–Crippen LogP) is 0.732. The zero-order valence-corrected chi connectivity index (χ0v) is 12.5. The molecule has 0 amide bonds. The normalized spacial score (nSPS) is 10.1. The van der Waals surface area contributed by atoms with Crippen LogP contribution in [0.3, 0.4) is 0 Å². The van der Waals surface area contributed by atoms with Crippen LogP contribution in [0.4, 0.5) is 5.82 Å². The summed E-state index contributed by atoms with van der Waals surface area (Å²) >= 11 is 4.92. The third-order valence-electron chi connectivity index (χ3n) is 2.69. The molecule has 0 aliphatic heterocycles. The van der Waals surface area contributed by atoms with Gasteiger partial charge >= 0.3 is 5.97 Å². The third kappa shape index (κ3) is 5.10. The molecule has 1 rings (SSSR count). The maximum Gasteiger partial charge on any atom is 0.307 e. The maximum atomic E-state index is 11.3. The molecule has 2 N–H and O–H groups in total. The van der Waals surface area contributed by atoms with Gasteiger partial charge in [0.1, 0.15) is 10.8 Å². The number of carbonyl (C=O) groups excluding carboxylic acids is 1. The lowest BCUT2D eigenvalue weighted by molar-refractivity contribution is -0.140. The molecule has 1 aromatic heterocycles. The number of pyridine rings is 1. The zero-order valence-electron chi connectivity index (χ0n) is 11.7. The minimum Gasteiger partial charge on any atom is -0.469 e. The summed E-state index contributed by atoms with van der Waals surface area (Å²) in [6.45, 7) is 1.63. The van der Waals surface area contributed by atoms with Crippen LogP contribution in [0.1, 0.15) is 12.1 Å². The van der Waals surface area contributed by atoms with Crippen LogP contribution in [0.5, 0.6) is 0 Å². The molecule has 0 fully saturated rings. The number of carbonyl (C=O) groups is 1. The van der Waals surface area contributed by atoms with Crippen LogP contribution in [0.15, 0.2) is 18.2 Å². The summed E-state index contributed by atoms with van der Waals surface area (Å²) in [6, 6.07) is 5.42. The Morgan fingerprint density at radius 1 is 1.40 bits per heavy atom. The molecule has 0 aliphatic carbocycles. The Morgan fingerprint density at radius 3 is 2.75 bits per heavy atom. The van der Waals surface area contributed by atoms with Gasteiger partial charge in [-0.2, -0.15) is 0 Å². The number of hydrogen-bond acceptors (Lipinski definition) is 6. The topological polar surface area (TPSA) is 77.7 Å². The number of aromatic nitrogens is 1. The van der Waals surface area contributed by atoms with Gasteiger partial charge < -0.3 is 20.1 Å². The van der Waals surface area contributed by atoms with E-state index in [1.807, 2.05) is 17.0 Å². The van der Waals surface area contributed by atoms with Gasteiger partial charge in [0.15, 0.2) is 0 Å². The van der Waals surface area contributed by atoms with E-state index in [1.54, 1.807) is 13.2 Å². The van der Waals surface area contributed by atoms with Crippen LogP contribution in [0, 0.1) is 0 Å². The highest BCUT2D eigenvalue weighted by Gasteiger charge is 2.11. The van der Waals surface area contributed by atoms with E-state index in [0.717, 1.165) is 0 Å². The third-order valence-corrected chi connectivity index (χ3v) is 2.90. The average molecular weight is 297 g/mol. The van der Waals surface area contributed by atoms with Crippen molar-refractivity contribution in [3.8, 4) is 0 Å². The highest BCUT2D eigenvalue weighted by Crippen LogP contribution is 2.12. The van der Waals surface area contributed by atoms with Crippen LogP contribution in [-0.2, 0) is 14.3 Å². The fraction of sp³-hybridized carbons (Fsp3) is 0.462. The molecule has 0 atom stereocenters. The molecule has 6 nitrogen and oxygen atoms in total. The van der Waals surface area contributed by atoms with Gasteiger partial charge in [-0.25, -0.2) is 4.98 Å². The average Bonchev–Trinajstić information content (AvgIpc) is 2.47. The van der Waals surface area contributed by atoms with E-state index in [1.165, 1.54) is 7.11 Å². The van der Waals surface area contributed by atoms with Crippen molar-refractivity contribution in [2.75, 3.05) is 38.8 Å². The summed E-state index contributed by atoms with van der Waals surface area (Å²) in [5, 5.41) is 0. The molecule has 0 unspecified atom stereocenters. The second kappa shape index (κ2) is 8.44. The second-order valence-electron chi connectivity index (χ2n) is 4.05. The Morgan fingerprint density at radius 2 is 2.15 bits per heavy atom. The molecule has 0 spiro atoms. The van der Waals surface area contributed by atoms with Crippen LogP contribution in [0.2, 0.25) is 0 Å². The molecule has 1 aromatic rings. The molecule has 0 saturated heterocycles. The molecule has 0 aromatic carbocycles. The van der Waals surface area contributed by atoms with Gasteiger partial charge in [-0.1, -0.05) is 18.3 Å².